The highest BCUT2D eigenvalue weighted by molar-refractivity contribution is 6.37. The molecule has 60 valence electrons. The van der Waals surface area contributed by atoms with Gasteiger partial charge in [-0.05, 0) is 0 Å². The molecule has 0 aliphatic heterocycles. The summed E-state index contributed by atoms with van der Waals surface area (Å²) in [6.45, 7) is 1.16. The van der Waals surface area contributed by atoms with E-state index in [1.807, 2.05) is 5.32 Å². The van der Waals surface area contributed by atoms with E-state index in [1.165, 1.54) is 0 Å². The molecule has 11 heavy (non-hydrogen) atoms. The molecule has 0 atom stereocenters. The van der Waals surface area contributed by atoms with Gasteiger partial charge in [-0.1, -0.05) is 0 Å². The molecule has 0 saturated heterocycles. The number of amides is 2. The lowest BCUT2D eigenvalue weighted by Crippen LogP contribution is -2.45. The van der Waals surface area contributed by atoms with Crippen molar-refractivity contribution in [2.24, 2.45) is 5.84 Å². The quantitative estimate of drug-likeness (QED) is 0.0699. The van der Waals surface area contributed by atoms with Gasteiger partial charge >= 0.3 is 17.6 Å². The van der Waals surface area contributed by atoms with Crippen LogP contribution in [0.25, 0.3) is 5.53 Å². The molecule has 7 nitrogen and oxygen atoms in total. The SMILES string of the molecule is CC(=O)NC(=[N+]=[N-])C(=O)NN. The molecule has 0 saturated carbocycles. The van der Waals surface area contributed by atoms with Crippen LogP contribution < -0.4 is 16.6 Å². The summed E-state index contributed by atoms with van der Waals surface area (Å²) in [4.78, 5) is 23.3. The second kappa shape index (κ2) is 4.15. The highest BCUT2D eigenvalue weighted by atomic mass is 16.2. The van der Waals surface area contributed by atoms with Crippen LogP contribution in [0.4, 0.5) is 0 Å². The van der Waals surface area contributed by atoms with Gasteiger partial charge in [-0.3, -0.25) is 10.2 Å². The van der Waals surface area contributed by atoms with Crippen molar-refractivity contribution >= 4 is 17.6 Å². The normalized spacial score (nSPS) is 7.82. The van der Waals surface area contributed by atoms with Crippen molar-refractivity contribution in [3.05, 3.63) is 5.53 Å². The molecule has 0 spiro atoms. The first-order chi connectivity index (χ1) is 5.11. The van der Waals surface area contributed by atoms with Gasteiger partial charge < -0.3 is 10.3 Å². The second-order valence-corrected chi connectivity index (χ2v) is 1.60. The van der Waals surface area contributed by atoms with E-state index in [2.05, 4.69) is 10.6 Å². The van der Waals surface area contributed by atoms with Gasteiger partial charge in [0.1, 0.15) is 0 Å². The fourth-order valence-corrected chi connectivity index (χ4v) is 0.362. The number of hydrogen-bond donors (Lipinski definition) is 3. The fourth-order valence-electron chi connectivity index (χ4n) is 0.362. The van der Waals surface area contributed by atoms with Crippen LogP contribution in [0.15, 0.2) is 0 Å². The molecule has 0 fully saturated rings. The number of amidine groups is 1. The van der Waals surface area contributed by atoms with Crippen LogP contribution in [0.1, 0.15) is 6.92 Å². The maximum atomic E-state index is 10.5. The molecular formula is C4H7N5O2. The molecule has 7 heteroatoms. The van der Waals surface area contributed by atoms with Crippen molar-refractivity contribution in [1.29, 1.82) is 0 Å². The summed E-state index contributed by atoms with van der Waals surface area (Å²) in [5.74, 6) is 2.74. The summed E-state index contributed by atoms with van der Waals surface area (Å²) in [6, 6.07) is 0. The van der Waals surface area contributed by atoms with E-state index in [-0.39, 0.29) is 0 Å². The molecule has 4 N–H and O–H groups in total. The number of nitrogens with zero attached hydrogens (tertiary/aromatic N) is 2. The van der Waals surface area contributed by atoms with E-state index in [1.54, 1.807) is 5.43 Å². The minimum atomic E-state index is -0.872. The van der Waals surface area contributed by atoms with Gasteiger partial charge in [0, 0.05) is 6.92 Å². The van der Waals surface area contributed by atoms with E-state index in [0.29, 0.717) is 0 Å². The van der Waals surface area contributed by atoms with Crippen LogP contribution in [-0.4, -0.2) is 22.4 Å². The Bertz CT molecular complexity index is 229. The fraction of sp³-hybridized carbons (Fsp3) is 0.250. The average Bonchev–Trinajstić information content (AvgIpc) is 1.98. The third-order valence-corrected chi connectivity index (χ3v) is 0.741. The lowest BCUT2D eigenvalue weighted by atomic mass is 10.5. The van der Waals surface area contributed by atoms with Gasteiger partial charge in [0.05, 0.1) is 0 Å². The third-order valence-electron chi connectivity index (χ3n) is 0.741. The van der Waals surface area contributed by atoms with Gasteiger partial charge in [-0.25, -0.2) is 10.6 Å². The van der Waals surface area contributed by atoms with Crippen LogP contribution in [0.3, 0.4) is 0 Å². The lowest BCUT2D eigenvalue weighted by molar-refractivity contribution is -0.124. The Hall–Kier alpha value is -1.72. The van der Waals surface area contributed by atoms with Crippen molar-refractivity contribution in [1.82, 2.24) is 10.7 Å². The Morgan fingerprint density at radius 3 is 2.36 bits per heavy atom. The second-order valence-electron chi connectivity index (χ2n) is 1.60. The average molecular weight is 157 g/mol. The highest BCUT2D eigenvalue weighted by Gasteiger charge is 2.19. The smallest absolute Gasteiger partial charge is 0.427 e. The number of carbonyl (C=O) groups is 2. The Morgan fingerprint density at radius 2 is 2.09 bits per heavy atom. The van der Waals surface area contributed by atoms with E-state index in [4.69, 9.17) is 5.53 Å². The number of nitrogens with two attached hydrogens (primary N) is 1. The molecular weight excluding hydrogens is 150 g/mol. The standard InChI is InChI=1S/C4H7N5O2/c1-2(10)7-3(8-5)4(11)9-6/h6H2,1H3,(H,7,10)(H,9,11). The summed E-state index contributed by atoms with van der Waals surface area (Å²) in [7, 11) is 0. The molecule has 0 unspecified atom stereocenters. The monoisotopic (exact) mass is 157 g/mol. The summed E-state index contributed by atoms with van der Waals surface area (Å²) in [5.41, 5.74) is 9.81. The van der Waals surface area contributed by atoms with Crippen molar-refractivity contribution in [2.45, 2.75) is 6.92 Å². The predicted molar refractivity (Wildman–Crippen MR) is 34.8 cm³/mol. The van der Waals surface area contributed by atoms with Gasteiger partial charge in [0.15, 0.2) is 0 Å². The first kappa shape index (κ1) is 9.28. The van der Waals surface area contributed by atoms with Crippen molar-refractivity contribution in [2.75, 3.05) is 0 Å². The number of hydrogen-bond acceptors (Lipinski definition) is 3. The lowest BCUT2D eigenvalue weighted by Gasteiger charge is -1.92. The van der Waals surface area contributed by atoms with Crippen LogP contribution in [0.5, 0.6) is 0 Å². The summed E-state index contributed by atoms with van der Waals surface area (Å²) in [5, 5.41) is 1.95. The van der Waals surface area contributed by atoms with Crippen LogP contribution >= 0.6 is 0 Å². The predicted octanol–water partition coefficient (Wildman–Crippen LogP) is -2.26. The number of rotatable bonds is 0. The van der Waals surface area contributed by atoms with Gasteiger partial charge in [0.25, 0.3) is 0 Å². The molecule has 0 aromatic rings. The van der Waals surface area contributed by atoms with Crippen molar-refractivity contribution in [3.63, 3.8) is 0 Å². The molecule has 0 aliphatic carbocycles. The zero-order valence-electron chi connectivity index (χ0n) is 5.79. The van der Waals surface area contributed by atoms with Crippen molar-refractivity contribution in [3.8, 4) is 0 Å². The molecule has 0 aliphatic rings. The molecule has 0 heterocycles. The Morgan fingerprint density at radius 1 is 1.55 bits per heavy atom. The van der Waals surface area contributed by atoms with Crippen LogP contribution in [-0.2, 0) is 9.59 Å². The molecule has 0 bridgehead atoms. The first-order valence-corrected chi connectivity index (χ1v) is 2.62. The number of hydrazine groups is 1. The molecule has 0 rings (SSSR count). The van der Waals surface area contributed by atoms with Gasteiger partial charge in [-0.15, -0.1) is 0 Å². The van der Waals surface area contributed by atoms with Gasteiger partial charge in [0.2, 0.25) is 0 Å². The minimum absolute atomic E-state index is 0.526. The maximum Gasteiger partial charge on any atom is 0.427 e. The molecule has 0 aromatic carbocycles. The van der Waals surface area contributed by atoms with E-state index >= 15 is 0 Å². The van der Waals surface area contributed by atoms with E-state index < -0.39 is 17.6 Å². The zero-order valence-corrected chi connectivity index (χ0v) is 5.79. The first-order valence-electron chi connectivity index (χ1n) is 2.62. The summed E-state index contributed by atoms with van der Waals surface area (Å²) < 4.78 is 0. The largest absolute Gasteiger partial charge is 0.497 e. The molecule has 2 amide bonds. The topological polar surface area (TPSA) is 121 Å². The Balaban J connectivity index is 4.32. The maximum absolute atomic E-state index is 10.5. The van der Waals surface area contributed by atoms with Crippen LogP contribution in [0, 0.1) is 0 Å². The third kappa shape index (κ3) is 3.09. The molecule has 0 aromatic heterocycles. The summed E-state index contributed by atoms with van der Waals surface area (Å²) >= 11 is 0. The Kier molecular flexibility index (Phi) is 3.50. The van der Waals surface area contributed by atoms with E-state index in [0.717, 1.165) is 6.92 Å². The minimum Gasteiger partial charge on any atom is -0.497 e. The van der Waals surface area contributed by atoms with E-state index in [9.17, 15) is 9.59 Å². The Labute approximate surface area is 62.1 Å². The van der Waals surface area contributed by atoms with Crippen LogP contribution in [0.2, 0.25) is 0 Å². The highest BCUT2D eigenvalue weighted by Crippen LogP contribution is 1.65. The summed E-state index contributed by atoms with van der Waals surface area (Å²) in [6.07, 6.45) is 0. The zero-order chi connectivity index (χ0) is 8.85. The van der Waals surface area contributed by atoms with Gasteiger partial charge in [-0.2, -0.15) is 5.32 Å². The number of nitrogens with one attached hydrogen (secondary N) is 2. The van der Waals surface area contributed by atoms with Crippen molar-refractivity contribution < 1.29 is 14.4 Å². The molecule has 0 radical (unpaired) electrons. The number of carbonyl (C=O) groups excluding carboxylic acids is 2.